The second-order valence-electron chi connectivity index (χ2n) is 5.65. The van der Waals surface area contributed by atoms with Crippen LogP contribution in [0.3, 0.4) is 0 Å². The Morgan fingerprint density at radius 2 is 1.95 bits per heavy atom. The van der Waals surface area contributed by atoms with Gasteiger partial charge in [-0.3, -0.25) is 4.79 Å². The fourth-order valence-corrected chi connectivity index (χ4v) is 2.42. The van der Waals surface area contributed by atoms with Crippen molar-refractivity contribution in [1.82, 2.24) is 4.90 Å². The minimum Gasteiger partial charge on any atom is -0.439 e. The molecule has 0 radical (unpaired) electrons. The predicted molar refractivity (Wildman–Crippen MR) is 76.0 cm³/mol. The van der Waals surface area contributed by atoms with Crippen molar-refractivity contribution in [1.29, 1.82) is 0 Å². The van der Waals surface area contributed by atoms with Gasteiger partial charge in [-0.25, -0.2) is 9.69 Å². The third-order valence-corrected chi connectivity index (χ3v) is 3.60. The van der Waals surface area contributed by atoms with Crippen LogP contribution in [0.15, 0.2) is 30.3 Å². The van der Waals surface area contributed by atoms with E-state index >= 15 is 0 Å². The molecule has 0 saturated carbocycles. The molecule has 4 heteroatoms. The highest BCUT2D eigenvalue weighted by atomic mass is 16.6. The van der Waals surface area contributed by atoms with Gasteiger partial charge in [0.25, 0.3) is 0 Å². The summed E-state index contributed by atoms with van der Waals surface area (Å²) in [5.41, 5.74) is 0.924. The van der Waals surface area contributed by atoms with Gasteiger partial charge in [-0.1, -0.05) is 44.2 Å². The molecule has 1 aromatic carbocycles. The van der Waals surface area contributed by atoms with Crippen molar-refractivity contribution in [3.8, 4) is 0 Å². The van der Waals surface area contributed by atoms with Crippen molar-refractivity contribution >= 4 is 12.0 Å². The molecule has 2 atom stereocenters. The number of nitrogens with zero attached hydrogens (tertiary/aromatic N) is 1. The molecule has 2 rings (SSSR count). The first kappa shape index (κ1) is 14.6. The first-order valence-corrected chi connectivity index (χ1v) is 7.08. The van der Waals surface area contributed by atoms with Gasteiger partial charge in [0, 0.05) is 6.42 Å². The molecule has 1 aliphatic heterocycles. The second kappa shape index (κ2) is 6.07. The molecule has 108 valence electrons. The standard InChI is InChI=1S/C16H21NO3/c1-11(2)9-10-14(18)17-12(3)15(20-16(17)19)13-7-5-4-6-8-13/h4-8,11-12,15H,9-10H2,1-3H3/t12-,15-/m1/s1. The predicted octanol–water partition coefficient (Wildman–Crippen LogP) is 3.53. The largest absolute Gasteiger partial charge is 0.439 e. The van der Waals surface area contributed by atoms with Gasteiger partial charge >= 0.3 is 6.09 Å². The molecule has 1 saturated heterocycles. The number of hydrogen-bond donors (Lipinski definition) is 0. The van der Waals surface area contributed by atoms with Gasteiger partial charge in [0.2, 0.25) is 5.91 Å². The van der Waals surface area contributed by atoms with Crippen LogP contribution in [0.25, 0.3) is 0 Å². The quantitative estimate of drug-likeness (QED) is 0.844. The lowest BCUT2D eigenvalue weighted by Crippen LogP contribution is -2.37. The zero-order chi connectivity index (χ0) is 14.7. The van der Waals surface area contributed by atoms with E-state index in [1.165, 1.54) is 4.90 Å². The van der Waals surface area contributed by atoms with Crippen molar-refractivity contribution in [2.45, 2.75) is 45.8 Å². The van der Waals surface area contributed by atoms with Crippen LogP contribution in [-0.2, 0) is 9.53 Å². The first-order chi connectivity index (χ1) is 9.50. The molecule has 1 heterocycles. The van der Waals surface area contributed by atoms with Crippen LogP contribution in [0.5, 0.6) is 0 Å². The van der Waals surface area contributed by atoms with Crippen molar-refractivity contribution in [3.05, 3.63) is 35.9 Å². The summed E-state index contributed by atoms with van der Waals surface area (Å²) in [5.74, 6) is 0.299. The molecule has 0 aromatic heterocycles. The number of cyclic esters (lactones) is 1. The topological polar surface area (TPSA) is 46.6 Å². The zero-order valence-corrected chi connectivity index (χ0v) is 12.2. The van der Waals surface area contributed by atoms with Crippen molar-refractivity contribution in [2.24, 2.45) is 5.92 Å². The fourth-order valence-electron chi connectivity index (χ4n) is 2.42. The van der Waals surface area contributed by atoms with Gasteiger partial charge in [0.15, 0.2) is 0 Å². The summed E-state index contributed by atoms with van der Waals surface area (Å²) in [7, 11) is 0. The Morgan fingerprint density at radius 1 is 1.30 bits per heavy atom. The molecule has 1 aliphatic rings. The zero-order valence-electron chi connectivity index (χ0n) is 12.2. The molecular weight excluding hydrogens is 254 g/mol. The number of imide groups is 1. The number of rotatable bonds is 4. The normalized spacial score (nSPS) is 22.2. The second-order valence-corrected chi connectivity index (χ2v) is 5.65. The average molecular weight is 275 g/mol. The van der Waals surface area contributed by atoms with E-state index < -0.39 is 6.09 Å². The lowest BCUT2D eigenvalue weighted by atomic mass is 10.0. The van der Waals surface area contributed by atoms with Crippen LogP contribution in [-0.4, -0.2) is 22.9 Å². The van der Waals surface area contributed by atoms with Crippen LogP contribution in [0.1, 0.15) is 45.3 Å². The van der Waals surface area contributed by atoms with Crippen LogP contribution >= 0.6 is 0 Å². The maximum atomic E-state index is 12.2. The molecule has 0 bridgehead atoms. The van der Waals surface area contributed by atoms with Gasteiger partial charge in [0.1, 0.15) is 6.10 Å². The SMILES string of the molecule is CC(C)CCC(=O)N1C(=O)O[C@@H](c2ccccc2)[C@H]1C. The molecule has 1 fully saturated rings. The van der Waals surface area contributed by atoms with Gasteiger partial charge in [-0.2, -0.15) is 0 Å². The van der Waals surface area contributed by atoms with E-state index in [1.807, 2.05) is 37.3 Å². The molecule has 20 heavy (non-hydrogen) atoms. The number of hydrogen-bond acceptors (Lipinski definition) is 3. The molecule has 2 amide bonds. The Hall–Kier alpha value is -1.84. The Bertz CT molecular complexity index is 484. The van der Waals surface area contributed by atoms with E-state index in [-0.39, 0.29) is 18.1 Å². The molecule has 0 unspecified atom stereocenters. The number of carbonyl (C=O) groups is 2. The molecule has 0 spiro atoms. The molecule has 1 aromatic rings. The summed E-state index contributed by atoms with van der Waals surface area (Å²) in [4.78, 5) is 25.4. The monoisotopic (exact) mass is 275 g/mol. The highest BCUT2D eigenvalue weighted by Crippen LogP contribution is 2.32. The Kier molecular flexibility index (Phi) is 4.42. The Labute approximate surface area is 119 Å². The third-order valence-electron chi connectivity index (χ3n) is 3.60. The maximum absolute atomic E-state index is 12.2. The van der Waals surface area contributed by atoms with Gasteiger partial charge in [0.05, 0.1) is 6.04 Å². The fraction of sp³-hybridized carbons (Fsp3) is 0.500. The van der Waals surface area contributed by atoms with Crippen molar-refractivity contribution in [3.63, 3.8) is 0 Å². The summed E-state index contributed by atoms with van der Waals surface area (Å²) in [6, 6.07) is 9.28. The number of amides is 2. The van der Waals surface area contributed by atoms with Crippen LogP contribution in [0.4, 0.5) is 4.79 Å². The Balaban J connectivity index is 2.09. The maximum Gasteiger partial charge on any atom is 0.417 e. The summed E-state index contributed by atoms with van der Waals surface area (Å²) < 4.78 is 5.37. The van der Waals surface area contributed by atoms with E-state index in [9.17, 15) is 9.59 Å². The minimum atomic E-state index is -0.528. The van der Waals surface area contributed by atoms with E-state index in [2.05, 4.69) is 13.8 Å². The lowest BCUT2D eigenvalue weighted by Gasteiger charge is -2.19. The van der Waals surface area contributed by atoms with Crippen LogP contribution < -0.4 is 0 Å². The summed E-state index contributed by atoms with van der Waals surface area (Å²) in [5, 5.41) is 0. The molecule has 4 nitrogen and oxygen atoms in total. The Morgan fingerprint density at radius 3 is 2.55 bits per heavy atom. The smallest absolute Gasteiger partial charge is 0.417 e. The number of carbonyl (C=O) groups excluding carboxylic acids is 2. The van der Waals surface area contributed by atoms with E-state index in [1.54, 1.807) is 0 Å². The summed E-state index contributed by atoms with van der Waals surface area (Å²) >= 11 is 0. The lowest BCUT2D eigenvalue weighted by molar-refractivity contribution is -0.129. The third kappa shape index (κ3) is 3.00. The van der Waals surface area contributed by atoms with Crippen molar-refractivity contribution in [2.75, 3.05) is 0 Å². The number of ether oxygens (including phenoxy) is 1. The highest BCUT2D eigenvalue weighted by Gasteiger charge is 2.42. The van der Waals surface area contributed by atoms with Gasteiger partial charge < -0.3 is 4.74 Å². The summed E-state index contributed by atoms with van der Waals surface area (Å²) in [6.07, 6.45) is 0.274. The average Bonchev–Trinajstić information content (AvgIpc) is 2.72. The molecular formula is C16H21NO3. The minimum absolute atomic E-state index is 0.144. The highest BCUT2D eigenvalue weighted by molar-refractivity contribution is 5.93. The van der Waals surface area contributed by atoms with E-state index in [0.29, 0.717) is 12.3 Å². The van der Waals surface area contributed by atoms with Gasteiger partial charge in [-0.15, -0.1) is 0 Å². The first-order valence-electron chi connectivity index (χ1n) is 7.08. The molecule has 0 N–H and O–H groups in total. The van der Waals surface area contributed by atoms with E-state index in [0.717, 1.165) is 12.0 Å². The van der Waals surface area contributed by atoms with Crippen LogP contribution in [0, 0.1) is 5.92 Å². The van der Waals surface area contributed by atoms with Crippen molar-refractivity contribution < 1.29 is 14.3 Å². The number of benzene rings is 1. The van der Waals surface area contributed by atoms with Crippen LogP contribution in [0.2, 0.25) is 0 Å². The van der Waals surface area contributed by atoms with Gasteiger partial charge in [-0.05, 0) is 24.8 Å². The molecule has 0 aliphatic carbocycles. The summed E-state index contributed by atoms with van der Waals surface area (Å²) in [6.45, 7) is 5.98. The van der Waals surface area contributed by atoms with E-state index in [4.69, 9.17) is 4.74 Å².